The molecule has 1 aliphatic heterocycles. The van der Waals surface area contributed by atoms with Crippen LogP contribution in [0.2, 0.25) is 0 Å². The van der Waals surface area contributed by atoms with Crippen molar-refractivity contribution in [3.8, 4) is 5.69 Å². The number of amides is 2. The van der Waals surface area contributed by atoms with Crippen LogP contribution < -0.4 is 0 Å². The molecule has 1 aromatic carbocycles. The maximum Gasteiger partial charge on any atom is 0.338 e. The van der Waals surface area contributed by atoms with Crippen LogP contribution in [0, 0.1) is 13.8 Å². The van der Waals surface area contributed by atoms with Crippen LogP contribution >= 0.6 is 11.8 Å². The van der Waals surface area contributed by atoms with Crippen LogP contribution in [0.5, 0.6) is 0 Å². The summed E-state index contributed by atoms with van der Waals surface area (Å²) >= 11 is 0.792. The number of methoxy groups -OCH3 is 1. The van der Waals surface area contributed by atoms with Gasteiger partial charge in [0.1, 0.15) is 6.04 Å². The van der Waals surface area contributed by atoms with E-state index in [0.717, 1.165) is 39.3 Å². The first-order valence-electron chi connectivity index (χ1n) is 10.0. The summed E-state index contributed by atoms with van der Waals surface area (Å²) in [5, 5.41) is -0.512. The highest BCUT2D eigenvalue weighted by atomic mass is 32.2. The fourth-order valence-electron chi connectivity index (χ4n) is 3.52. The van der Waals surface area contributed by atoms with E-state index in [1.807, 2.05) is 36.6 Å². The van der Waals surface area contributed by atoms with Gasteiger partial charge in [0.25, 0.3) is 11.1 Å². The smallest absolute Gasteiger partial charge is 0.338 e. The molecule has 3 rings (SSSR count). The molecule has 9 heteroatoms. The van der Waals surface area contributed by atoms with E-state index in [1.165, 1.54) is 14.0 Å². The van der Waals surface area contributed by atoms with Gasteiger partial charge in [-0.1, -0.05) is 0 Å². The van der Waals surface area contributed by atoms with E-state index in [4.69, 9.17) is 4.74 Å². The lowest BCUT2D eigenvalue weighted by Crippen LogP contribution is -2.42. The molecule has 2 amide bonds. The number of imide groups is 1. The Morgan fingerprint density at radius 3 is 2.41 bits per heavy atom. The minimum Gasteiger partial charge on any atom is -0.467 e. The van der Waals surface area contributed by atoms with Gasteiger partial charge in [-0.2, -0.15) is 0 Å². The second-order valence-corrected chi connectivity index (χ2v) is 8.17. The van der Waals surface area contributed by atoms with Crippen LogP contribution in [0.1, 0.15) is 41.2 Å². The summed E-state index contributed by atoms with van der Waals surface area (Å²) in [5.74, 6) is -1.56. The molecule has 0 spiro atoms. The number of carbonyl (C=O) groups is 4. The molecule has 0 aliphatic carbocycles. The van der Waals surface area contributed by atoms with Gasteiger partial charge in [0.15, 0.2) is 0 Å². The van der Waals surface area contributed by atoms with Gasteiger partial charge in [0.05, 0.1) is 24.2 Å². The van der Waals surface area contributed by atoms with Gasteiger partial charge in [-0.15, -0.1) is 0 Å². The second kappa shape index (κ2) is 9.44. The van der Waals surface area contributed by atoms with E-state index in [9.17, 15) is 19.2 Å². The Balaban J connectivity index is 1.90. The van der Waals surface area contributed by atoms with E-state index < -0.39 is 23.2 Å². The summed E-state index contributed by atoms with van der Waals surface area (Å²) < 4.78 is 11.7. The summed E-state index contributed by atoms with van der Waals surface area (Å²) in [5.41, 5.74) is 3.86. The number of rotatable bonds is 6. The average molecular weight is 457 g/mol. The van der Waals surface area contributed by atoms with Crippen LogP contribution in [0.25, 0.3) is 11.8 Å². The number of thioether (sulfide) groups is 1. The van der Waals surface area contributed by atoms with Crippen LogP contribution in [-0.2, 0) is 19.1 Å². The van der Waals surface area contributed by atoms with Crippen molar-refractivity contribution in [2.45, 2.75) is 33.7 Å². The molecule has 0 unspecified atom stereocenters. The van der Waals surface area contributed by atoms with Gasteiger partial charge in [0.2, 0.25) is 0 Å². The first-order valence-corrected chi connectivity index (χ1v) is 10.8. The molecule has 0 bridgehead atoms. The number of hydrogen-bond acceptors (Lipinski definition) is 7. The van der Waals surface area contributed by atoms with Crippen molar-refractivity contribution in [3.05, 3.63) is 57.8 Å². The molecule has 1 aliphatic rings. The lowest BCUT2D eigenvalue weighted by atomic mass is 10.2. The highest BCUT2D eigenvalue weighted by Gasteiger charge is 2.41. The Hall–Kier alpha value is -3.33. The normalized spacial score (nSPS) is 15.9. The summed E-state index contributed by atoms with van der Waals surface area (Å²) in [4.78, 5) is 49.9. The zero-order chi connectivity index (χ0) is 23.6. The van der Waals surface area contributed by atoms with Gasteiger partial charge < -0.3 is 14.0 Å². The van der Waals surface area contributed by atoms with Crippen molar-refractivity contribution in [2.75, 3.05) is 13.7 Å². The second-order valence-electron chi connectivity index (χ2n) is 7.18. The van der Waals surface area contributed by atoms with Gasteiger partial charge in [-0.3, -0.25) is 14.5 Å². The number of aromatic nitrogens is 1. The molecule has 1 fully saturated rings. The highest BCUT2D eigenvalue weighted by Crippen LogP contribution is 2.35. The summed E-state index contributed by atoms with van der Waals surface area (Å²) in [6, 6.07) is 7.95. The fourth-order valence-corrected chi connectivity index (χ4v) is 4.42. The molecular formula is C23H24N2O6S. The fraction of sp³-hybridized carbons (Fsp3) is 0.304. The number of hydrogen-bond donors (Lipinski definition) is 0. The van der Waals surface area contributed by atoms with E-state index in [0.29, 0.717) is 12.2 Å². The third kappa shape index (κ3) is 4.34. The molecule has 8 nitrogen and oxygen atoms in total. The van der Waals surface area contributed by atoms with Crippen molar-refractivity contribution in [1.82, 2.24) is 9.47 Å². The maximum absolute atomic E-state index is 12.8. The van der Waals surface area contributed by atoms with Crippen LogP contribution in [0.4, 0.5) is 4.79 Å². The number of ether oxygens (including phenoxy) is 2. The van der Waals surface area contributed by atoms with E-state index in [-0.39, 0.29) is 10.9 Å². The Kier molecular flexibility index (Phi) is 6.88. The molecule has 2 heterocycles. The monoisotopic (exact) mass is 456 g/mol. The quantitative estimate of drug-likeness (QED) is 0.481. The Bertz CT molecular complexity index is 1120. The van der Waals surface area contributed by atoms with Crippen molar-refractivity contribution in [3.63, 3.8) is 0 Å². The standard InChI is InChI=1S/C23H24N2O6S/c1-6-31-22(28)16-7-9-18(10-8-16)24-13(2)11-17(14(24)3)12-19-20(26)25(23(29)32-19)15(4)21(27)30-5/h7-12,15H,6H2,1-5H3/b19-12+/t15-/m0/s1. The van der Waals surface area contributed by atoms with Gasteiger partial charge in [0, 0.05) is 17.1 Å². The third-order valence-electron chi connectivity index (χ3n) is 5.15. The van der Waals surface area contributed by atoms with E-state index in [1.54, 1.807) is 25.1 Å². The number of esters is 2. The Labute approximate surface area is 190 Å². The zero-order valence-corrected chi connectivity index (χ0v) is 19.3. The van der Waals surface area contributed by atoms with Gasteiger partial charge >= 0.3 is 11.9 Å². The summed E-state index contributed by atoms with van der Waals surface area (Å²) in [7, 11) is 1.21. The predicted molar refractivity (Wildman–Crippen MR) is 120 cm³/mol. The molecule has 0 radical (unpaired) electrons. The van der Waals surface area contributed by atoms with E-state index >= 15 is 0 Å². The molecule has 0 saturated carbocycles. The van der Waals surface area contributed by atoms with Crippen LogP contribution in [-0.4, -0.2) is 52.3 Å². The van der Waals surface area contributed by atoms with Crippen LogP contribution in [0.15, 0.2) is 35.2 Å². The Morgan fingerprint density at radius 2 is 1.81 bits per heavy atom. The topological polar surface area (TPSA) is 94.9 Å². The minimum absolute atomic E-state index is 0.240. The number of carbonyl (C=O) groups excluding carboxylic acids is 4. The largest absolute Gasteiger partial charge is 0.467 e. The average Bonchev–Trinajstić information content (AvgIpc) is 3.21. The highest BCUT2D eigenvalue weighted by molar-refractivity contribution is 8.18. The van der Waals surface area contributed by atoms with Crippen molar-refractivity contribution < 1.29 is 28.7 Å². The zero-order valence-electron chi connectivity index (χ0n) is 18.5. The van der Waals surface area contributed by atoms with Gasteiger partial charge in [-0.25, -0.2) is 9.59 Å². The maximum atomic E-state index is 12.8. The molecule has 1 atom stereocenters. The first-order chi connectivity index (χ1) is 15.2. The molecule has 168 valence electrons. The third-order valence-corrected chi connectivity index (χ3v) is 6.03. The molecular weight excluding hydrogens is 432 g/mol. The first kappa shape index (κ1) is 23.3. The molecule has 0 N–H and O–H groups in total. The van der Waals surface area contributed by atoms with Crippen molar-refractivity contribution >= 4 is 40.9 Å². The molecule has 1 saturated heterocycles. The van der Waals surface area contributed by atoms with Crippen molar-refractivity contribution in [2.24, 2.45) is 0 Å². The molecule has 2 aromatic rings. The summed E-state index contributed by atoms with van der Waals surface area (Å²) in [6.45, 7) is 7.35. The van der Waals surface area contributed by atoms with Crippen LogP contribution in [0.3, 0.4) is 0 Å². The van der Waals surface area contributed by atoms with Crippen molar-refractivity contribution in [1.29, 1.82) is 0 Å². The lowest BCUT2D eigenvalue weighted by molar-refractivity contribution is -0.148. The number of benzene rings is 1. The lowest BCUT2D eigenvalue weighted by Gasteiger charge is -2.18. The van der Waals surface area contributed by atoms with E-state index in [2.05, 4.69) is 4.74 Å². The predicted octanol–water partition coefficient (Wildman–Crippen LogP) is 3.87. The molecule has 32 heavy (non-hydrogen) atoms. The molecule has 1 aromatic heterocycles. The number of aryl methyl sites for hydroxylation is 1. The number of nitrogens with zero attached hydrogens (tertiary/aromatic N) is 2. The summed E-state index contributed by atoms with van der Waals surface area (Å²) in [6.07, 6.45) is 1.65. The van der Waals surface area contributed by atoms with Gasteiger partial charge in [-0.05, 0) is 81.4 Å². The minimum atomic E-state index is -0.997. The SMILES string of the molecule is CCOC(=O)c1ccc(-n2c(C)cc(/C=C3/SC(=O)N([C@@H](C)C(=O)OC)C3=O)c2C)cc1. The Morgan fingerprint density at radius 1 is 1.16 bits per heavy atom.